The van der Waals surface area contributed by atoms with Crippen molar-refractivity contribution in [2.45, 2.75) is 95.7 Å². The smallest absolute Gasteiger partial charge is 0.319 e. The molecule has 3 aromatic heterocycles. The number of benzene rings is 4. The van der Waals surface area contributed by atoms with Crippen molar-refractivity contribution < 1.29 is 40.9 Å². The first-order chi connectivity index (χ1) is 36.7. The largest absolute Gasteiger partial charge is 0.497 e. The Hall–Kier alpha value is -6.82. The summed E-state index contributed by atoms with van der Waals surface area (Å²) in [6.07, 6.45) is -1.78. The molecule has 3 atom stereocenters. The van der Waals surface area contributed by atoms with Gasteiger partial charge in [-0.1, -0.05) is 106 Å². The van der Waals surface area contributed by atoms with E-state index in [0.29, 0.717) is 31.9 Å². The van der Waals surface area contributed by atoms with E-state index in [1.165, 1.54) is 4.90 Å². The molecule has 0 aliphatic carbocycles. The Morgan fingerprint density at radius 3 is 2.05 bits per heavy atom. The summed E-state index contributed by atoms with van der Waals surface area (Å²) in [7, 11) is 0.193. The number of nitrogens with zero attached hydrogens (tertiary/aromatic N) is 7. The van der Waals surface area contributed by atoms with Gasteiger partial charge in [0.25, 0.3) is 14.7 Å². The maximum Gasteiger partial charge on any atom is 0.319 e. The van der Waals surface area contributed by atoms with Crippen LogP contribution in [0.25, 0.3) is 22.3 Å². The van der Waals surface area contributed by atoms with Crippen molar-refractivity contribution in [3.8, 4) is 34.8 Å². The fraction of sp³-hybridized carbons (Fsp3) is 0.390. The molecule has 0 bridgehead atoms. The van der Waals surface area contributed by atoms with E-state index in [4.69, 9.17) is 43.3 Å². The van der Waals surface area contributed by atoms with E-state index in [1.54, 1.807) is 20.3 Å². The molecule has 0 radical (unpaired) electrons. The number of aromatic nitrogens is 4. The van der Waals surface area contributed by atoms with Crippen LogP contribution < -0.4 is 39.1 Å². The second-order valence-corrected chi connectivity index (χ2v) is 25.6. The number of anilines is 2. The fourth-order valence-electron chi connectivity index (χ4n) is 11.5. The minimum absolute atomic E-state index is 0.000171. The molecule has 0 N–H and O–H groups in total. The summed E-state index contributed by atoms with van der Waals surface area (Å²) in [4.78, 5) is 25.2. The molecule has 2 fully saturated rings. The SMILES string of the molecule is COc1ccc(CN(Cc2ccc(OC)cc2)c2cc(C)cc(-c3nc4c5c(nc(OC[C@@]67CCCN6C[C@H](F)C7)nc5c3F)N(CC(F)F)[C@@H](CCO[Si](c3ccccc3)(c3ccccc3)C(C)(C)C)CO4)n2)cc1. The molecule has 12 nitrogen and oxygen atoms in total. The van der Waals surface area contributed by atoms with Crippen LogP contribution in [0, 0.1) is 12.7 Å². The van der Waals surface area contributed by atoms with Crippen molar-refractivity contribution in [2.75, 3.05) is 63.5 Å². The second kappa shape index (κ2) is 22.0. The Morgan fingerprint density at radius 2 is 1.46 bits per heavy atom. The van der Waals surface area contributed by atoms with E-state index in [2.05, 4.69) is 54.8 Å². The molecule has 17 heteroatoms. The minimum atomic E-state index is -3.05. The molecule has 7 aromatic rings. The molecule has 6 heterocycles. The molecular formula is C59H65F4N7O5Si. The highest BCUT2D eigenvalue weighted by molar-refractivity contribution is 6.99. The Labute approximate surface area is 443 Å². The summed E-state index contributed by atoms with van der Waals surface area (Å²) in [6.45, 7) is 9.67. The van der Waals surface area contributed by atoms with Gasteiger partial charge in [0, 0.05) is 32.7 Å². The predicted molar refractivity (Wildman–Crippen MR) is 291 cm³/mol. The summed E-state index contributed by atoms with van der Waals surface area (Å²) >= 11 is 0. The zero-order valence-electron chi connectivity index (χ0n) is 43.9. The minimum Gasteiger partial charge on any atom is -0.497 e. The molecule has 0 spiro atoms. The Balaban J connectivity index is 1.06. The molecule has 0 amide bonds. The second-order valence-electron chi connectivity index (χ2n) is 21.2. The molecule has 2 saturated heterocycles. The lowest BCUT2D eigenvalue weighted by Gasteiger charge is -2.43. The van der Waals surface area contributed by atoms with Crippen LogP contribution in [-0.2, 0) is 17.5 Å². The van der Waals surface area contributed by atoms with Crippen molar-refractivity contribution in [3.63, 3.8) is 0 Å². The quantitative estimate of drug-likeness (QED) is 0.0569. The van der Waals surface area contributed by atoms with Crippen molar-refractivity contribution in [1.82, 2.24) is 24.8 Å². The number of hydrogen-bond acceptors (Lipinski definition) is 12. The number of fused-ring (bicyclic) bond motifs is 1. The maximum absolute atomic E-state index is 18.0. The molecule has 76 heavy (non-hydrogen) atoms. The number of rotatable bonds is 19. The summed E-state index contributed by atoms with van der Waals surface area (Å²) in [5.74, 6) is 1.11. The topological polar surface area (TPSA) is 107 Å². The van der Waals surface area contributed by atoms with Gasteiger partial charge >= 0.3 is 6.01 Å². The highest BCUT2D eigenvalue weighted by Crippen LogP contribution is 2.44. The van der Waals surface area contributed by atoms with Gasteiger partial charge in [-0.25, -0.2) is 27.5 Å². The number of methoxy groups -OCH3 is 2. The standard InChI is InChI=1S/C59H65F4N7O5Si/c1-39-30-48(64-50(31-39)68(33-40-18-22-44(71-5)23-19-40)34-41-20-24-45(72-6)25-21-41)53-52(63)54-51-55(67-57(66-54)74-38-59-27-13-28-69(59)35-42(60)32-59)70(36-49(61)62)43(37-73-56(51)65-53)26-29-75-76(58(2,3)4,46-14-9-7-10-15-46)47-16-11-8-12-17-47/h7-12,14-25,30-31,42-43,49H,13,26-29,32-38H2,1-6H3/t42-,43+,59+/m1/s1. The van der Waals surface area contributed by atoms with Crippen LogP contribution in [0.1, 0.15) is 63.1 Å². The molecule has 398 valence electrons. The zero-order chi connectivity index (χ0) is 53.2. The lowest BCUT2D eigenvalue weighted by molar-refractivity contribution is 0.107. The highest BCUT2D eigenvalue weighted by Gasteiger charge is 2.51. The monoisotopic (exact) mass is 1060 g/mol. The predicted octanol–water partition coefficient (Wildman–Crippen LogP) is 10.5. The van der Waals surface area contributed by atoms with E-state index >= 15 is 17.6 Å². The van der Waals surface area contributed by atoms with E-state index in [0.717, 1.165) is 51.5 Å². The summed E-state index contributed by atoms with van der Waals surface area (Å²) in [5.41, 5.74) is 1.98. The van der Waals surface area contributed by atoms with Gasteiger partial charge in [-0.15, -0.1) is 0 Å². The lowest BCUT2D eigenvalue weighted by atomic mass is 9.95. The average Bonchev–Trinajstić information content (AvgIpc) is 3.97. The third-order valence-electron chi connectivity index (χ3n) is 15.2. The third kappa shape index (κ3) is 10.7. The maximum atomic E-state index is 18.0. The van der Waals surface area contributed by atoms with Crippen molar-refractivity contribution in [2.24, 2.45) is 0 Å². The van der Waals surface area contributed by atoms with Gasteiger partial charge < -0.3 is 33.2 Å². The number of halogens is 4. The molecule has 4 aromatic carbocycles. The van der Waals surface area contributed by atoms with Crippen molar-refractivity contribution in [3.05, 3.63) is 144 Å². The van der Waals surface area contributed by atoms with Crippen LogP contribution in [0.2, 0.25) is 5.04 Å². The van der Waals surface area contributed by atoms with Gasteiger partial charge in [0.1, 0.15) is 59.1 Å². The van der Waals surface area contributed by atoms with Gasteiger partial charge in [-0.05, 0) is 101 Å². The van der Waals surface area contributed by atoms with E-state index < -0.39 is 44.9 Å². The number of pyridine rings is 2. The fourth-order valence-corrected chi connectivity index (χ4v) is 16.1. The summed E-state index contributed by atoms with van der Waals surface area (Å²) < 4.78 is 94.5. The molecular weight excluding hydrogens is 991 g/mol. The van der Waals surface area contributed by atoms with E-state index in [9.17, 15) is 0 Å². The first-order valence-electron chi connectivity index (χ1n) is 26.0. The van der Waals surface area contributed by atoms with Gasteiger partial charge in [-0.2, -0.15) is 9.97 Å². The number of ether oxygens (including phenoxy) is 4. The van der Waals surface area contributed by atoms with E-state index in [-0.39, 0.29) is 77.7 Å². The van der Waals surface area contributed by atoms with Crippen molar-refractivity contribution >= 4 is 41.2 Å². The molecule has 3 aliphatic heterocycles. The van der Waals surface area contributed by atoms with Gasteiger partial charge in [0.2, 0.25) is 5.88 Å². The average molecular weight is 1060 g/mol. The highest BCUT2D eigenvalue weighted by atomic mass is 28.4. The number of alkyl halides is 3. The normalized spacial score (nSPS) is 18.6. The van der Waals surface area contributed by atoms with Crippen LogP contribution in [0.5, 0.6) is 23.4 Å². The van der Waals surface area contributed by atoms with Crippen LogP contribution in [-0.4, -0.2) is 111 Å². The third-order valence-corrected chi connectivity index (χ3v) is 20.2. The molecule has 3 aliphatic rings. The summed E-state index contributed by atoms with van der Waals surface area (Å²) in [6, 6.07) is 38.7. The first-order valence-corrected chi connectivity index (χ1v) is 27.9. The molecule has 0 saturated carbocycles. The van der Waals surface area contributed by atoms with Gasteiger partial charge in [-0.3, -0.25) is 4.90 Å². The van der Waals surface area contributed by atoms with Crippen LogP contribution in [0.4, 0.5) is 29.2 Å². The van der Waals surface area contributed by atoms with Gasteiger partial charge in [0.15, 0.2) is 5.82 Å². The summed E-state index contributed by atoms with van der Waals surface area (Å²) in [5, 5.41) is 1.84. The number of aryl methyl sites for hydroxylation is 1. The van der Waals surface area contributed by atoms with E-state index in [1.807, 2.05) is 97.9 Å². The Morgan fingerprint density at radius 1 is 0.829 bits per heavy atom. The lowest BCUT2D eigenvalue weighted by Crippen LogP contribution is -2.66. The zero-order valence-corrected chi connectivity index (χ0v) is 44.9. The molecule has 0 unspecified atom stereocenters. The number of hydrogen-bond donors (Lipinski definition) is 0. The Kier molecular flexibility index (Phi) is 15.3. The molecule has 10 rings (SSSR count). The van der Waals surface area contributed by atoms with Crippen LogP contribution in [0.3, 0.4) is 0 Å². The van der Waals surface area contributed by atoms with Crippen molar-refractivity contribution in [1.29, 1.82) is 0 Å². The Bertz CT molecular complexity index is 3030. The van der Waals surface area contributed by atoms with Crippen LogP contribution >= 0.6 is 0 Å². The van der Waals surface area contributed by atoms with Crippen LogP contribution in [0.15, 0.2) is 121 Å². The first kappa shape index (κ1) is 52.6. The van der Waals surface area contributed by atoms with Gasteiger partial charge in [0.05, 0.1) is 38.0 Å².